The van der Waals surface area contributed by atoms with Crippen molar-refractivity contribution in [2.24, 2.45) is 15.8 Å². The number of halogens is 2. The molecule has 9 nitrogen and oxygen atoms in total. The van der Waals surface area contributed by atoms with Gasteiger partial charge in [0.15, 0.2) is 21.9 Å². The molecule has 4 N–H and O–H groups in total. The highest BCUT2D eigenvalue weighted by Gasteiger charge is 2.29. The van der Waals surface area contributed by atoms with Gasteiger partial charge in [-0.1, -0.05) is 86.1 Å². The number of nitrogens with one attached hydrogen (secondary N) is 1. The number of thioether (sulfide) groups is 1. The molecule has 1 aliphatic rings. The lowest BCUT2D eigenvalue weighted by atomic mass is 10.0. The lowest BCUT2D eigenvalue weighted by Gasteiger charge is -2.06. The van der Waals surface area contributed by atoms with Crippen LogP contribution in [0.4, 0.5) is 0 Å². The average molecular weight is 708 g/mol. The Bertz CT molecular complexity index is 1810. The van der Waals surface area contributed by atoms with Crippen molar-refractivity contribution in [1.82, 2.24) is 25.0 Å². The molecule has 3 aromatic carbocycles. The van der Waals surface area contributed by atoms with Crippen molar-refractivity contribution in [3.8, 4) is 45.2 Å². The van der Waals surface area contributed by atoms with Crippen LogP contribution in [0.15, 0.2) is 104 Å². The van der Waals surface area contributed by atoms with Crippen LogP contribution in [0.5, 0.6) is 5.75 Å². The number of amidine groups is 1. The van der Waals surface area contributed by atoms with Crippen molar-refractivity contribution < 1.29 is 5.11 Å². The molecule has 0 unspecified atom stereocenters. The third-order valence-electron chi connectivity index (χ3n) is 6.12. The minimum absolute atomic E-state index is 0.00763. The lowest BCUT2D eigenvalue weighted by molar-refractivity contribution is 0.479. The van der Waals surface area contributed by atoms with Crippen LogP contribution >= 0.6 is 55.8 Å². The van der Waals surface area contributed by atoms with Crippen LogP contribution in [0, 0.1) is 0 Å². The minimum Gasteiger partial charge on any atom is -0.504 e. The van der Waals surface area contributed by atoms with Gasteiger partial charge in [0.05, 0.1) is 17.0 Å². The molecule has 0 amide bonds. The van der Waals surface area contributed by atoms with E-state index in [0.717, 1.165) is 25.8 Å². The van der Waals surface area contributed by atoms with E-state index in [-0.39, 0.29) is 10.9 Å². The predicted octanol–water partition coefficient (Wildman–Crippen LogP) is 6.40. The molecule has 0 aliphatic carbocycles. The molecule has 1 aliphatic heterocycles. The number of nitrogens with zero attached hydrogens (tertiary/aromatic N) is 6. The van der Waals surface area contributed by atoms with E-state index in [9.17, 15) is 5.11 Å². The van der Waals surface area contributed by atoms with Crippen molar-refractivity contribution in [2.45, 2.75) is 0 Å². The molecule has 204 valence electrons. The molecule has 5 aromatic rings. The molecule has 13 heteroatoms. The summed E-state index contributed by atoms with van der Waals surface area (Å²) in [6, 6.07) is 25.3. The highest BCUT2D eigenvalue weighted by Crippen LogP contribution is 2.43. The lowest BCUT2D eigenvalue weighted by Crippen LogP contribution is -2.25. The van der Waals surface area contributed by atoms with Crippen LogP contribution < -0.4 is 11.2 Å². The highest BCUT2D eigenvalue weighted by molar-refractivity contribution is 9.10. The van der Waals surface area contributed by atoms with Crippen molar-refractivity contribution in [1.29, 1.82) is 0 Å². The Hall–Kier alpha value is -3.78. The molecule has 0 bridgehead atoms. The average Bonchev–Trinajstić information content (AvgIpc) is 3.71. The third kappa shape index (κ3) is 5.71. The van der Waals surface area contributed by atoms with Gasteiger partial charge in [0.2, 0.25) is 0 Å². The first-order chi connectivity index (χ1) is 19.9. The predicted molar refractivity (Wildman–Crippen MR) is 175 cm³/mol. The molecule has 2 aromatic heterocycles. The van der Waals surface area contributed by atoms with E-state index in [1.54, 1.807) is 9.36 Å². The Morgan fingerprint density at radius 3 is 2.24 bits per heavy atom. The maximum Gasteiger partial charge on any atom is 0.191 e. The van der Waals surface area contributed by atoms with Gasteiger partial charge in [-0.25, -0.2) is 14.4 Å². The zero-order valence-electron chi connectivity index (χ0n) is 21.1. The SMILES string of the molecule is NC(=S)N/N=C1\CSC(n2nc(-c3cn(-c4ccccc4)nc3-c3ccc(Br)cc3)c(O)c2-c2ccc(Br)cc2)=N1. The first kappa shape index (κ1) is 27.4. The summed E-state index contributed by atoms with van der Waals surface area (Å²) < 4.78 is 5.30. The molecule has 0 saturated heterocycles. The Morgan fingerprint density at radius 1 is 0.927 bits per heavy atom. The summed E-state index contributed by atoms with van der Waals surface area (Å²) >= 11 is 13.3. The second kappa shape index (κ2) is 11.6. The van der Waals surface area contributed by atoms with Gasteiger partial charge in [-0.15, -0.1) is 0 Å². The van der Waals surface area contributed by atoms with E-state index in [2.05, 4.69) is 47.4 Å². The monoisotopic (exact) mass is 706 g/mol. The summed E-state index contributed by atoms with van der Waals surface area (Å²) in [5.41, 5.74) is 12.8. The summed E-state index contributed by atoms with van der Waals surface area (Å²) in [5.74, 6) is 0.994. The zero-order chi connectivity index (χ0) is 28.5. The van der Waals surface area contributed by atoms with E-state index in [1.165, 1.54) is 11.8 Å². The molecule has 0 saturated carbocycles. The van der Waals surface area contributed by atoms with Crippen molar-refractivity contribution in [2.75, 3.05) is 5.75 Å². The number of nitrogens with two attached hydrogens (primary N) is 1. The summed E-state index contributed by atoms with van der Waals surface area (Å²) in [4.78, 5) is 4.63. The number of hydrogen-bond acceptors (Lipinski definition) is 6. The van der Waals surface area contributed by atoms with Gasteiger partial charge in [0.25, 0.3) is 0 Å². The van der Waals surface area contributed by atoms with E-state index in [4.69, 9.17) is 28.1 Å². The van der Waals surface area contributed by atoms with Crippen molar-refractivity contribution in [3.05, 3.63) is 94.0 Å². The smallest absolute Gasteiger partial charge is 0.191 e. The van der Waals surface area contributed by atoms with E-state index in [0.29, 0.717) is 39.4 Å². The minimum atomic E-state index is 0.00763. The fraction of sp³-hybridized carbons (Fsp3) is 0.0357. The van der Waals surface area contributed by atoms with Gasteiger partial charge in [0, 0.05) is 26.3 Å². The summed E-state index contributed by atoms with van der Waals surface area (Å²) in [5, 5.41) is 26.4. The summed E-state index contributed by atoms with van der Waals surface area (Å²) in [7, 11) is 0. The first-order valence-electron chi connectivity index (χ1n) is 12.2. The Kier molecular flexibility index (Phi) is 7.75. The normalized spacial score (nSPS) is 13.9. The number of aromatic nitrogens is 4. The number of para-hydroxylation sites is 1. The molecule has 0 atom stereocenters. The molecule has 0 radical (unpaired) electrons. The van der Waals surface area contributed by atoms with Crippen LogP contribution in [-0.2, 0) is 0 Å². The van der Waals surface area contributed by atoms with E-state index >= 15 is 0 Å². The van der Waals surface area contributed by atoms with Crippen LogP contribution in [0.2, 0.25) is 0 Å². The maximum atomic E-state index is 11.8. The Labute approximate surface area is 261 Å². The van der Waals surface area contributed by atoms with Gasteiger partial charge in [-0.3, -0.25) is 5.43 Å². The molecule has 6 rings (SSSR count). The Balaban J connectivity index is 1.56. The Morgan fingerprint density at radius 2 is 1.59 bits per heavy atom. The quantitative estimate of drug-likeness (QED) is 0.143. The van der Waals surface area contributed by atoms with Gasteiger partial charge in [0.1, 0.15) is 17.1 Å². The number of aliphatic imine (C=N–C) groups is 1. The molecule has 3 heterocycles. The topological polar surface area (TPSA) is 119 Å². The van der Waals surface area contributed by atoms with Gasteiger partial charge < -0.3 is 10.8 Å². The number of aromatic hydroxyl groups is 1. The van der Waals surface area contributed by atoms with Crippen LogP contribution in [-0.4, -0.2) is 46.5 Å². The number of hydrazone groups is 1. The molecular weight excluding hydrogens is 688 g/mol. The number of hydrogen-bond donors (Lipinski definition) is 3. The van der Waals surface area contributed by atoms with E-state index in [1.807, 2.05) is 85.1 Å². The first-order valence-corrected chi connectivity index (χ1v) is 15.2. The fourth-order valence-electron chi connectivity index (χ4n) is 4.27. The number of benzene rings is 3. The van der Waals surface area contributed by atoms with Gasteiger partial charge >= 0.3 is 0 Å². The molecule has 0 fully saturated rings. The van der Waals surface area contributed by atoms with Crippen molar-refractivity contribution in [3.63, 3.8) is 0 Å². The summed E-state index contributed by atoms with van der Waals surface area (Å²) in [6.45, 7) is 0. The highest BCUT2D eigenvalue weighted by atomic mass is 79.9. The van der Waals surface area contributed by atoms with Crippen LogP contribution in [0.1, 0.15) is 0 Å². The van der Waals surface area contributed by atoms with Crippen molar-refractivity contribution >= 4 is 72.0 Å². The summed E-state index contributed by atoms with van der Waals surface area (Å²) in [6.07, 6.45) is 1.88. The number of rotatable bonds is 5. The van der Waals surface area contributed by atoms with Crippen LogP contribution in [0.25, 0.3) is 39.5 Å². The van der Waals surface area contributed by atoms with Crippen LogP contribution in [0.3, 0.4) is 0 Å². The largest absolute Gasteiger partial charge is 0.504 e. The fourth-order valence-corrected chi connectivity index (χ4v) is 5.65. The van der Waals surface area contributed by atoms with Gasteiger partial charge in [-0.05, 0) is 48.6 Å². The number of thiocarbonyl (C=S) groups is 1. The molecule has 0 spiro atoms. The maximum absolute atomic E-state index is 11.8. The second-order valence-electron chi connectivity index (χ2n) is 8.83. The third-order valence-corrected chi connectivity index (χ3v) is 8.19. The standard InChI is InChI=1S/C28H20Br2N8OS2/c29-18-10-6-16(7-11-18)23-21(14-37(35-23)20-4-2-1-3-5-20)24-26(39)25(17-8-12-19(30)13-9-17)38(36-24)28-32-22(15-41-28)33-34-27(31)40/h1-14,39H,15H2,(H3,31,34,40)/b33-22+. The molecular formula is C28H20Br2N8OS2. The molecule has 41 heavy (non-hydrogen) atoms. The zero-order valence-corrected chi connectivity index (χ0v) is 25.9. The van der Waals surface area contributed by atoms with E-state index < -0.39 is 0 Å². The van der Waals surface area contributed by atoms with Gasteiger partial charge in [-0.2, -0.15) is 15.3 Å². The second-order valence-corrected chi connectivity index (χ2v) is 12.0.